The lowest BCUT2D eigenvalue weighted by molar-refractivity contribution is -0.123. The maximum absolute atomic E-state index is 13.0. The number of piperidine rings is 1. The van der Waals surface area contributed by atoms with Crippen LogP contribution in [0.25, 0.3) is 10.8 Å². The second-order valence-electron chi connectivity index (χ2n) is 7.76. The summed E-state index contributed by atoms with van der Waals surface area (Å²) >= 11 is 0. The van der Waals surface area contributed by atoms with Gasteiger partial charge in [0.15, 0.2) is 0 Å². The number of rotatable bonds is 6. The van der Waals surface area contributed by atoms with Crippen LogP contribution >= 0.6 is 0 Å². The highest BCUT2D eigenvalue weighted by molar-refractivity contribution is 5.95. The molecule has 1 aliphatic heterocycles. The van der Waals surface area contributed by atoms with E-state index >= 15 is 0 Å². The van der Waals surface area contributed by atoms with E-state index in [9.17, 15) is 9.59 Å². The normalized spacial score (nSPS) is 14.4. The van der Waals surface area contributed by atoms with Gasteiger partial charge in [-0.15, -0.1) is 0 Å². The van der Waals surface area contributed by atoms with Crippen LogP contribution in [0.1, 0.15) is 28.8 Å². The van der Waals surface area contributed by atoms with Crippen molar-refractivity contribution in [2.24, 2.45) is 11.7 Å². The second kappa shape index (κ2) is 9.08. The van der Waals surface area contributed by atoms with E-state index in [0.29, 0.717) is 37.2 Å². The first-order valence-corrected chi connectivity index (χ1v) is 10.4. The van der Waals surface area contributed by atoms with E-state index in [1.54, 1.807) is 24.1 Å². The van der Waals surface area contributed by atoms with E-state index in [2.05, 4.69) is 0 Å². The number of benzene rings is 3. The molecule has 2 N–H and O–H groups in total. The zero-order valence-electron chi connectivity index (χ0n) is 17.5. The first kappa shape index (κ1) is 20.7. The average Bonchev–Trinajstić information content (AvgIpc) is 2.82. The molecule has 0 spiro atoms. The van der Waals surface area contributed by atoms with Crippen molar-refractivity contribution in [1.82, 2.24) is 4.90 Å². The van der Waals surface area contributed by atoms with Crippen LogP contribution in [0.5, 0.6) is 11.5 Å². The average molecular weight is 418 g/mol. The van der Waals surface area contributed by atoms with Gasteiger partial charge in [-0.2, -0.15) is 0 Å². The molecule has 0 aromatic heterocycles. The van der Waals surface area contributed by atoms with Crippen LogP contribution in [0.4, 0.5) is 0 Å². The van der Waals surface area contributed by atoms with Crippen LogP contribution in [0.15, 0.2) is 60.7 Å². The molecule has 6 nitrogen and oxygen atoms in total. The molecule has 1 fully saturated rings. The number of nitrogens with two attached hydrogens (primary N) is 1. The largest absolute Gasteiger partial charge is 0.496 e. The Morgan fingerprint density at radius 2 is 1.74 bits per heavy atom. The highest BCUT2D eigenvalue weighted by Gasteiger charge is 2.26. The Morgan fingerprint density at radius 3 is 2.48 bits per heavy atom. The molecule has 0 radical (unpaired) electrons. The molecule has 3 aromatic carbocycles. The molecule has 4 rings (SSSR count). The van der Waals surface area contributed by atoms with E-state index in [4.69, 9.17) is 15.2 Å². The summed E-state index contributed by atoms with van der Waals surface area (Å²) in [4.78, 5) is 26.2. The van der Waals surface area contributed by atoms with Gasteiger partial charge in [-0.05, 0) is 42.5 Å². The summed E-state index contributed by atoms with van der Waals surface area (Å²) in [6, 6.07) is 19.4. The first-order chi connectivity index (χ1) is 15.1. The van der Waals surface area contributed by atoms with Crippen molar-refractivity contribution >= 4 is 22.6 Å². The van der Waals surface area contributed by atoms with Crippen molar-refractivity contribution in [3.05, 3.63) is 71.8 Å². The molecule has 6 heteroatoms. The molecule has 0 aliphatic carbocycles. The Morgan fingerprint density at radius 1 is 1.00 bits per heavy atom. The number of fused-ring (bicyclic) bond motifs is 1. The highest BCUT2D eigenvalue weighted by atomic mass is 16.5. The molecule has 3 aromatic rings. The zero-order valence-corrected chi connectivity index (χ0v) is 17.5. The van der Waals surface area contributed by atoms with Crippen LogP contribution in [0, 0.1) is 5.92 Å². The third-order valence-electron chi connectivity index (χ3n) is 5.84. The molecule has 0 saturated carbocycles. The lowest BCUT2D eigenvalue weighted by atomic mass is 9.95. The van der Waals surface area contributed by atoms with Crippen molar-refractivity contribution in [3.63, 3.8) is 0 Å². The summed E-state index contributed by atoms with van der Waals surface area (Å²) in [5.74, 6) is 0.959. The third kappa shape index (κ3) is 4.48. The Kier molecular flexibility index (Phi) is 6.07. The number of likely N-dealkylation sites (tertiary alicyclic amines) is 1. The molecule has 1 saturated heterocycles. The van der Waals surface area contributed by atoms with Gasteiger partial charge in [0.25, 0.3) is 5.91 Å². The van der Waals surface area contributed by atoms with Crippen molar-refractivity contribution in [3.8, 4) is 11.5 Å². The SMILES string of the molecule is COc1ccc(C(=O)N2CCC(C(N)=O)CC2)cc1COc1cccc2ccccc12. The van der Waals surface area contributed by atoms with Gasteiger partial charge in [-0.25, -0.2) is 0 Å². The lowest BCUT2D eigenvalue weighted by Crippen LogP contribution is -2.41. The van der Waals surface area contributed by atoms with Gasteiger partial charge in [0.2, 0.25) is 5.91 Å². The Balaban J connectivity index is 1.51. The first-order valence-electron chi connectivity index (χ1n) is 10.4. The summed E-state index contributed by atoms with van der Waals surface area (Å²) in [5, 5.41) is 2.14. The van der Waals surface area contributed by atoms with E-state index in [0.717, 1.165) is 22.1 Å². The quantitative estimate of drug-likeness (QED) is 0.661. The summed E-state index contributed by atoms with van der Waals surface area (Å²) in [6.45, 7) is 1.34. The van der Waals surface area contributed by atoms with Crippen LogP contribution in [0.2, 0.25) is 0 Å². The minimum absolute atomic E-state index is 0.0583. The van der Waals surface area contributed by atoms with Crippen LogP contribution < -0.4 is 15.2 Å². The number of ether oxygens (including phenoxy) is 2. The number of amides is 2. The molecule has 1 heterocycles. The van der Waals surface area contributed by atoms with E-state index in [1.165, 1.54) is 0 Å². The van der Waals surface area contributed by atoms with Crippen LogP contribution in [-0.4, -0.2) is 36.9 Å². The smallest absolute Gasteiger partial charge is 0.253 e. The Labute approximate surface area is 181 Å². The fraction of sp³-hybridized carbons (Fsp3) is 0.280. The van der Waals surface area contributed by atoms with Gasteiger partial charge in [-0.1, -0.05) is 36.4 Å². The molecular formula is C25H26N2O4. The molecular weight excluding hydrogens is 392 g/mol. The van der Waals surface area contributed by atoms with E-state index < -0.39 is 0 Å². The number of carbonyl (C=O) groups excluding carboxylic acids is 2. The predicted octanol–water partition coefficient (Wildman–Crippen LogP) is 3.76. The molecule has 31 heavy (non-hydrogen) atoms. The minimum Gasteiger partial charge on any atom is -0.496 e. The number of hydrogen-bond donors (Lipinski definition) is 1. The standard InChI is InChI=1S/C25H26N2O4/c1-30-22-10-9-19(25(29)27-13-11-18(12-14-27)24(26)28)15-20(22)16-31-23-8-4-6-17-5-2-3-7-21(17)23/h2-10,15,18H,11-14,16H2,1H3,(H2,26,28). The van der Waals surface area contributed by atoms with Crippen LogP contribution in [-0.2, 0) is 11.4 Å². The maximum atomic E-state index is 13.0. The molecule has 0 unspecified atom stereocenters. The van der Waals surface area contributed by atoms with Gasteiger partial charge in [0.1, 0.15) is 18.1 Å². The molecule has 1 aliphatic rings. The van der Waals surface area contributed by atoms with Gasteiger partial charge >= 0.3 is 0 Å². The predicted molar refractivity (Wildman–Crippen MR) is 119 cm³/mol. The Bertz CT molecular complexity index is 1100. The van der Waals surface area contributed by atoms with Gasteiger partial charge in [-0.3, -0.25) is 9.59 Å². The number of primary amides is 1. The minimum atomic E-state index is -0.288. The zero-order chi connectivity index (χ0) is 21.8. The molecule has 0 bridgehead atoms. The van der Waals surface area contributed by atoms with Gasteiger partial charge < -0.3 is 20.1 Å². The summed E-state index contributed by atoms with van der Waals surface area (Å²) in [6.07, 6.45) is 1.21. The number of carbonyl (C=O) groups is 2. The van der Waals surface area contributed by atoms with Crippen molar-refractivity contribution in [1.29, 1.82) is 0 Å². The number of nitrogens with zero attached hydrogens (tertiary/aromatic N) is 1. The van der Waals surface area contributed by atoms with Gasteiger partial charge in [0, 0.05) is 35.5 Å². The molecule has 0 atom stereocenters. The highest BCUT2D eigenvalue weighted by Crippen LogP contribution is 2.28. The van der Waals surface area contributed by atoms with E-state index in [-0.39, 0.29) is 24.3 Å². The fourth-order valence-electron chi connectivity index (χ4n) is 4.05. The maximum Gasteiger partial charge on any atom is 0.253 e. The van der Waals surface area contributed by atoms with Crippen LogP contribution in [0.3, 0.4) is 0 Å². The van der Waals surface area contributed by atoms with Crippen molar-refractivity contribution in [2.75, 3.05) is 20.2 Å². The number of hydrogen-bond acceptors (Lipinski definition) is 4. The molecule has 160 valence electrons. The van der Waals surface area contributed by atoms with Crippen molar-refractivity contribution in [2.45, 2.75) is 19.4 Å². The fourth-order valence-corrected chi connectivity index (χ4v) is 4.05. The molecule has 2 amide bonds. The van der Waals surface area contributed by atoms with E-state index in [1.807, 2.05) is 48.5 Å². The lowest BCUT2D eigenvalue weighted by Gasteiger charge is -2.30. The second-order valence-corrected chi connectivity index (χ2v) is 7.76. The monoisotopic (exact) mass is 418 g/mol. The Hall–Kier alpha value is -3.54. The topological polar surface area (TPSA) is 81.9 Å². The summed E-state index contributed by atoms with van der Waals surface area (Å²) < 4.78 is 11.6. The summed E-state index contributed by atoms with van der Waals surface area (Å²) in [7, 11) is 1.60. The number of methoxy groups -OCH3 is 1. The van der Waals surface area contributed by atoms with Crippen molar-refractivity contribution < 1.29 is 19.1 Å². The van der Waals surface area contributed by atoms with Gasteiger partial charge in [0.05, 0.1) is 7.11 Å². The summed E-state index contributed by atoms with van der Waals surface area (Å²) in [5.41, 5.74) is 6.78. The third-order valence-corrected chi connectivity index (χ3v) is 5.84.